The second-order valence-electron chi connectivity index (χ2n) is 9.99. The van der Waals surface area contributed by atoms with Crippen LogP contribution in [0.3, 0.4) is 0 Å². The van der Waals surface area contributed by atoms with Crippen LogP contribution in [0.1, 0.15) is 46.8 Å². The summed E-state index contributed by atoms with van der Waals surface area (Å²) < 4.78 is 40.0. The van der Waals surface area contributed by atoms with E-state index in [0.29, 0.717) is 18.4 Å². The van der Waals surface area contributed by atoms with E-state index < -0.39 is 23.3 Å². The molecule has 1 amide bonds. The number of amides is 1. The van der Waals surface area contributed by atoms with Crippen LogP contribution in [0.15, 0.2) is 66.1 Å². The molecule has 3 aliphatic rings. The van der Waals surface area contributed by atoms with Crippen LogP contribution in [-0.4, -0.2) is 70.7 Å². The molecule has 1 aliphatic carbocycles. The topological polar surface area (TPSA) is 77.0 Å². The number of benzene rings is 1. The molecule has 2 aromatic rings. The molecule has 1 unspecified atom stereocenters. The number of fused-ring (bicyclic) bond motifs is 1. The van der Waals surface area contributed by atoms with Gasteiger partial charge in [-0.25, -0.2) is 4.79 Å². The predicted octanol–water partition coefficient (Wildman–Crippen LogP) is 4.58. The summed E-state index contributed by atoms with van der Waals surface area (Å²) in [5.74, 6) is -1.68. The first-order valence-electron chi connectivity index (χ1n) is 12.7. The van der Waals surface area contributed by atoms with Gasteiger partial charge in [0, 0.05) is 56.0 Å². The highest BCUT2D eigenvalue weighted by Crippen LogP contribution is 2.40. The van der Waals surface area contributed by atoms with Crippen molar-refractivity contribution in [2.45, 2.75) is 43.9 Å². The zero-order chi connectivity index (χ0) is 27.0. The highest BCUT2D eigenvalue weighted by Gasteiger charge is 2.40. The Bertz CT molecular complexity index is 1280. The van der Waals surface area contributed by atoms with Crippen molar-refractivity contribution < 1.29 is 27.9 Å². The highest BCUT2D eigenvalue weighted by molar-refractivity contribution is 5.94. The number of anilines is 1. The van der Waals surface area contributed by atoms with Crippen molar-refractivity contribution in [3.8, 4) is 0 Å². The minimum atomic E-state index is -4.73. The number of allylic oxidation sites excluding steroid dienone is 2. The molecule has 3 heterocycles. The fraction of sp³-hybridized carbons (Fsp3) is 0.393. The number of halogens is 3. The van der Waals surface area contributed by atoms with Crippen LogP contribution in [0, 0.1) is 0 Å². The Morgan fingerprint density at radius 3 is 2.45 bits per heavy atom. The maximum atomic E-state index is 13.4. The summed E-state index contributed by atoms with van der Waals surface area (Å²) in [6, 6.07) is 9.30. The maximum Gasteiger partial charge on any atom is 0.417 e. The summed E-state index contributed by atoms with van der Waals surface area (Å²) in [5, 5.41) is 9.44. The van der Waals surface area contributed by atoms with E-state index in [4.69, 9.17) is 0 Å². The summed E-state index contributed by atoms with van der Waals surface area (Å²) in [7, 11) is 1.82. The van der Waals surface area contributed by atoms with Crippen LogP contribution in [0.25, 0.3) is 0 Å². The van der Waals surface area contributed by atoms with Gasteiger partial charge in [0.1, 0.15) is 0 Å². The molecule has 0 saturated carbocycles. The Labute approximate surface area is 218 Å². The van der Waals surface area contributed by atoms with Crippen molar-refractivity contribution in [2.24, 2.45) is 0 Å². The lowest BCUT2D eigenvalue weighted by atomic mass is 9.98. The van der Waals surface area contributed by atoms with E-state index in [-0.39, 0.29) is 24.5 Å². The van der Waals surface area contributed by atoms with E-state index in [1.54, 1.807) is 22.2 Å². The third-order valence-corrected chi connectivity index (χ3v) is 7.86. The van der Waals surface area contributed by atoms with Crippen LogP contribution in [-0.2, 0) is 11.2 Å². The van der Waals surface area contributed by atoms with Crippen molar-refractivity contribution in [1.29, 1.82) is 0 Å². The molecule has 38 heavy (non-hydrogen) atoms. The second-order valence-corrected chi connectivity index (χ2v) is 9.99. The number of aryl methyl sites for hydroxylation is 1. The molecule has 1 saturated heterocycles. The number of alkyl halides is 3. The van der Waals surface area contributed by atoms with Crippen LogP contribution in [0.2, 0.25) is 0 Å². The lowest BCUT2D eigenvalue weighted by Crippen LogP contribution is -2.45. The minimum Gasteiger partial charge on any atom is -0.478 e. The molecule has 2 aliphatic heterocycles. The number of aromatic nitrogens is 1. The van der Waals surface area contributed by atoms with E-state index in [1.807, 2.05) is 37.4 Å². The van der Waals surface area contributed by atoms with E-state index in [9.17, 15) is 27.9 Å². The van der Waals surface area contributed by atoms with Gasteiger partial charge in [-0.1, -0.05) is 6.07 Å². The van der Waals surface area contributed by atoms with Crippen molar-refractivity contribution in [1.82, 2.24) is 14.8 Å². The number of hydrogen-bond donors (Lipinski definition) is 1. The number of carbonyl (C=O) groups excluding carboxylic acids is 1. The third-order valence-electron chi connectivity index (χ3n) is 7.86. The van der Waals surface area contributed by atoms with Gasteiger partial charge in [-0.2, -0.15) is 13.2 Å². The third kappa shape index (κ3) is 4.99. The van der Waals surface area contributed by atoms with Gasteiger partial charge in [-0.15, -0.1) is 0 Å². The lowest BCUT2D eigenvalue weighted by molar-refractivity contribution is -0.134. The number of carboxylic acid groups (broad SMARTS) is 1. The average molecular weight is 527 g/mol. The fourth-order valence-corrected chi connectivity index (χ4v) is 5.75. The number of carbonyl (C=O) groups is 2. The summed E-state index contributed by atoms with van der Waals surface area (Å²) in [6.07, 6.45) is 3.98. The molecule has 1 atom stereocenters. The molecule has 1 fully saturated rings. The molecule has 1 aromatic heterocycles. The summed E-state index contributed by atoms with van der Waals surface area (Å²) in [5.41, 5.74) is 1.74. The number of nitrogens with zero attached hydrogens (tertiary/aromatic N) is 4. The molecule has 0 bridgehead atoms. The second kappa shape index (κ2) is 10.2. The van der Waals surface area contributed by atoms with Crippen molar-refractivity contribution >= 4 is 17.6 Å². The van der Waals surface area contributed by atoms with Crippen molar-refractivity contribution in [2.75, 3.05) is 31.6 Å². The largest absolute Gasteiger partial charge is 0.478 e. The number of hydrogen-bond acceptors (Lipinski definition) is 5. The van der Waals surface area contributed by atoms with Gasteiger partial charge < -0.3 is 19.8 Å². The Morgan fingerprint density at radius 1 is 1.08 bits per heavy atom. The first-order valence-corrected chi connectivity index (χ1v) is 12.7. The number of aliphatic carboxylic acids is 1. The van der Waals surface area contributed by atoms with E-state index in [1.165, 1.54) is 6.20 Å². The quantitative estimate of drug-likeness (QED) is 0.615. The van der Waals surface area contributed by atoms with E-state index in [2.05, 4.69) is 9.88 Å². The normalized spacial score (nSPS) is 20.1. The number of rotatable bonds is 5. The standard InChI is InChI=1S/C28H29F3N4O3/c1-33(20-8-13-34(14-9-20)21-6-11-32-12-7-21)26(36)19-3-2-18-4-5-25(22(18)16-19)35-15-10-24(28(29,30)31)23(17-35)27(37)38/h2-3,6-7,10-12,15-16,20,25H,4-5,8-9,13-14,17H2,1H3,(H,37,38). The maximum absolute atomic E-state index is 13.4. The molecule has 7 nitrogen and oxygen atoms in total. The van der Waals surface area contributed by atoms with E-state index in [0.717, 1.165) is 48.8 Å². The number of piperidine rings is 1. The Kier molecular flexibility index (Phi) is 6.90. The van der Waals surface area contributed by atoms with Gasteiger partial charge in [0.15, 0.2) is 0 Å². The Balaban J connectivity index is 1.29. The SMILES string of the molecule is CN(C(=O)c1ccc2c(c1)C(N1C=CC(C(F)(F)F)=C(C(=O)O)C1)CC2)C1CCN(c2ccncc2)CC1. The molecular weight excluding hydrogens is 497 g/mol. The first kappa shape index (κ1) is 25.8. The highest BCUT2D eigenvalue weighted by atomic mass is 19.4. The molecule has 0 radical (unpaired) electrons. The van der Waals surface area contributed by atoms with Gasteiger partial charge in [0.25, 0.3) is 5.91 Å². The van der Waals surface area contributed by atoms with Gasteiger partial charge in [-0.05, 0) is 67.2 Å². The lowest BCUT2D eigenvalue weighted by Gasteiger charge is -2.38. The van der Waals surface area contributed by atoms with Gasteiger partial charge in [0.05, 0.1) is 23.7 Å². The monoisotopic (exact) mass is 526 g/mol. The minimum absolute atomic E-state index is 0.0960. The van der Waals surface area contributed by atoms with Crippen molar-refractivity contribution in [3.63, 3.8) is 0 Å². The molecule has 10 heteroatoms. The smallest absolute Gasteiger partial charge is 0.417 e. The molecule has 1 aromatic carbocycles. The van der Waals surface area contributed by atoms with Gasteiger partial charge in [0.2, 0.25) is 0 Å². The first-order chi connectivity index (χ1) is 18.1. The zero-order valence-corrected chi connectivity index (χ0v) is 21.0. The van der Waals surface area contributed by atoms with Crippen LogP contribution >= 0.6 is 0 Å². The summed E-state index contributed by atoms with van der Waals surface area (Å²) in [6.45, 7) is 1.32. The molecule has 0 spiro atoms. The Morgan fingerprint density at radius 2 is 1.79 bits per heavy atom. The van der Waals surface area contributed by atoms with E-state index >= 15 is 0 Å². The van der Waals surface area contributed by atoms with Crippen LogP contribution in [0.4, 0.5) is 18.9 Å². The number of carboxylic acids is 1. The molecule has 5 rings (SSSR count). The van der Waals surface area contributed by atoms with Gasteiger partial charge in [-0.3, -0.25) is 9.78 Å². The molecule has 200 valence electrons. The predicted molar refractivity (Wildman–Crippen MR) is 136 cm³/mol. The van der Waals surface area contributed by atoms with Crippen molar-refractivity contribution in [3.05, 3.63) is 82.8 Å². The fourth-order valence-electron chi connectivity index (χ4n) is 5.75. The van der Waals surface area contributed by atoms with Crippen LogP contribution in [0.5, 0.6) is 0 Å². The zero-order valence-electron chi connectivity index (χ0n) is 21.0. The van der Waals surface area contributed by atoms with Crippen LogP contribution < -0.4 is 4.90 Å². The summed E-state index contributed by atoms with van der Waals surface area (Å²) in [4.78, 5) is 34.8. The summed E-state index contributed by atoms with van der Waals surface area (Å²) >= 11 is 0. The Hall–Kier alpha value is -3.82. The molecular formula is C28H29F3N4O3. The number of pyridine rings is 1. The van der Waals surface area contributed by atoms with Gasteiger partial charge >= 0.3 is 12.1 Å². The average Bonchev–Trinajstić information content (AvgIpc) is 3.35. The molecule has 1 N–H and O–H groups in total.